The standard InChI is InChI=1S/C13H8BrClN4O/c14-9-2-1-7(5-16)11(4-9)19-13(20)8-3-10(15)12(17)18-6-8/h1-4,6H,(H2,17,18)(H,19,20). The van der Waals surface area contributed by atoms with Crippen LogP contribution in [0, 0.1) is 11.3 Å². The van der Waals surface area contributed by atoms with Gasteiger partial charge in [-0.05, 0) is 24.3 Å². The van der Waals surface area contributed by atoms with Crippen molar-refractivity contribution >= 4 is 44.9 Å². The Morgan fingerprint density at radius 1 is 1.45 bits per heavy atom. The minimum absolute atomic E-state index is 0.156. The first kappa shape index (κ1) is 14.3. The van der Waals surface area contributed by atoms with Gasteiger partial charge in [-0.2, -0.15) is 5.26 Å². The summed E-state index contributed by atoms with van der Waals surface area (Å²) < 4.78 is 0.750. The van der Waals surface area contributed by atoms with E-state index in [1.165, 1.54) is 12.3 Å². The molecule has 0 spiro atoms. The largest absolute Gasteiger partial charge is 0.382 e. The molecule has 0 aliphatic carbocycles. The van der Waals surface area contributed by atoms with Crippen LogP contribution in [0.4, 0.5) is 11.5 Å². The summed E-state index contributed by atoms with van der Waals surface area (Å²) in [7, 11) is 0. The molecule has 1 amide bonds. The van der Waals surface area contributed by atoms with Crippen molar-refractivity contribution in [3.05, 3.63) is 51.1 Å². The molecule has 1 aromatic carbocycles. The van der Waals surface area contributed by atoms with Crippen molar-refractivity contribution in [2.45, 2.75) is 0 Å². The molecule has 7 heteroatoms. The zero-order chi connectivity index (χ0) is 14.7. The lowest BCUT2D eigenvalue weighted by Gasteiger charge is -2.08. The van der Waals surface area contributed by atoms with Gasteiger partial charge in [-0.15, -0.1) is 0 Å². The molecule has 5 nitrogen and oxygen atoms in total. The molecule has 0 aliphatic heterocycles. The van der Waals surface area contributed by atoms with Crippen LogP contribution in [0.15, 0.2) is 34.9 Å². The topological polar surface area (TPSA) is 91.8 Å². The molecule has 0 atom stereocenters. The number of nitriles is 1. The van der Waals surface area contributed by atoms with E-state index in [2.05, 4.69) is 26.2 Å². The van der Waals surface area contributed by atoms with Crippen LogP contribution in [0.2, 0.25) is 5.02 Å². The van der Waals surface area contributed by atoms with Gasteiger partial charge < -0.3 is 11.1 Å². The lowest BCUT2D eigenvalue weighted by atomic mass is 10.2. The number of nitrogens with zero attached hydrogens (tertiary/aromatic N) is 2. The molecule has 1 aromatic heterocycles. The van der Waals surface area contributed by atoms with Crippen molar-refractivity contribution in [1.29, 1.82) is 5.26 Å². The third-order valence-corrected chi connectivity index (χ3v) is 3.28. The molecule has 0 aliphatic rings. The van der Waals surface area contributed by atoms with E-state index in [0.717, 1.165) is 4.47 Å². The van der Waals surface area contributed by atoms with Gasteiger partial charge in [0.15, 0.2) is 0 Å². The van der Waals surface area contributed by atoms with Gasteiger partial charge in [0.2, 0.25) is 0 Å². The van der Waals surface area contributed by atoms with Crippen LogP contribution in [-0.4, -0.2) is 10.9 Å². The molecule has 1 heterocycles. The smallest absolute Gasteiger partial charge is 0.257 e. The Hall–Kier alpha value is -2.10. The molecule has 0 saturated heterocycles. The van der Waals surface area contributed by atoms with Crippen LogP contribution in [0.1, 0.15) is 15.9 Å². The fourth-order valence-corrected chi connectivity index (χ4v) is 2.01. The number of carbonyl (C=O) groups is 1. The van der Waals surface area contributed by atoms with E-state index >= 15 is 0 Å². The predicted molar refractivity (Wildman–Crippen MR) is 80.5 cm³/mol. The highest BCUT2D eigenvalue weighted by atomic mass is 79.9. The first-order chi connectivity index (χ1) is 9.51. The Labute approximate surface area is 128 Å². The lowest BCUT2D eigenvalue weighted by Crippen LogP contribution is -2.13. The zero-order valence-electron chi connectivity index (χ0n) is 10.0. The highest BCUT2D eigenvalue weighted by molar-refractivity contribution is 9.10. The van der Waals surface area contributed by atoms with Crippen LogP contribution in [0.3, 0.4) is 0 Å². The number of hydrogen-bond donors (Lipinski definition) is 2. The van der Waals surface area contributed by atoms with Crippen molar-refractivity contribution in [2.24, 2.45) is 0 Å². The van der Waals surface area contributed by atoms with Crippen molar-refractivity contribution in [1.82, 2.24) is 4.98 Å². The highest BCUT2D eigenvalue weighted by Gasteiger charge is 2.11. The Balaban J connectivity index is 2.30. The second-order valence-electron chi connectivity index (χ2n) is 3.85. The van der Waals surface area contributed by atoms with Gasteiger partial charge in [0, 0.05) is 10.7 Å². The second kappa shape index (κ2) is 5.90. The van der Waals surface area contributed by atoms with Crippen molar-refractivity contribution in [3.63, 3.8) is 0 Å². The summed E-state index contributed by atoms with van der Waals surface area (Å²) in [6.45, 7) is 0. The molecule has 0 bridgehead atoms. The van der Waals surface area contributed by atoms with Gasteiger partial charge in [0.1, 0.15) is 11.9 Å². The maximum absolute atomic E-state index is 12.1. The summed E-state index contributed by atoms with van der Waals surface area (Å²) >= 11 is 9.10. The molecule has 20 heavy (non-hydrogen) atoms. The molecule has 0 fully saturated rings. The Morgan fingerprint density at radius 2 is 2.20 bits per heavy atom. The molecule has 2 aromatic rings. The fourth-order valence-electron chi connectivity index (χ4n) is 1.48. The predicted octanol–water partition coefficient (Wildman–Crippen LogP) is 3.20. The Bertz CT molecular complexity index is 727. The quantitative estimate of drug-likeness (QED) is 0.869. The van der Waals surface area contributed by atoms with Crippen LogP contribution in [-0.2, 0) is 0 Å². The summed E-state index contributed by atoms with van der Waals surface area (Å²) in [6, 6.07) is 8.39. The van der Waals surface area contributed by atoms with Crippen LogP contribution < -0.4 is 11.1 Å². The van der Waals surface area contributed by atoms with Crippen LogP contribution >= 0.6 is 27.5 Å². The van der Waals surface area contributed by atoms with E-state index in [-0.39, 0.29) is 16.4 Å². The van der Waals surface area contributed by atoms with Crippen molar-refractivity contribution < 1.29 is 4.79 Å². The first-order valence-corrected chi connectivity index (χ1v) is 6.60. The molecule has 0 radical (unpaired) electrons. The van der Waals surface area contributed by atoms with E-state index in [4.69, 9.17) is 22.6 Å². The average Bonchev–Trinajstić information content (AvgIpc) is 2.42. The fraction of sp³-hybridized carbons (Fsp3) is 0. The number of aromatic nitrogens is 1. The van der Waals surface area contributed by atoms with E-state index in [0.29, 0.717) is 11.3 Å². The number of benzene rings is 1. The van der Waals surface area contributed by atoms with E-state index in [1.54, 1.807) is 18.2 Å². The lowest BCUT2D eigenvalue weighted by molar-refractivity contribution is 0.102. The molecule has 0 unspecified atom stereocenters. The summed E-state index contributed by atoms with van der Waals surface area (Å²) in [6.07, 6.45) is 1.32. The van der Waals surface area contributed by atoms with Crippen molar-refractivity contribution in [3.8, 4) is 6.07 Å². The van der Waals surface area contributed by atoms with Gasteiger partial charge >= 0.3 is 0 Å². The third-order valence-electron chi connectivity index (χ3n) is 2.48. The van der Waals surface area contributed by atoms with Gasteiger partial charge in [0.25, 0.3) is 5.91 Å². The molecule has 0 saturated carbocycles. The van der Waals surface area contributed by atoms with Gasteiger partial charge in [-0.1, -0.05) is 27.5 Å². The number of nitrogens with two attached hydrogens (primary N) is 1. The normalized spacial score (nSPS) is 9.85. The minimum atomic E-state index is -0.422. The SMILES string of the molecule is N#Cc1ccc(Br)cc1NC(=O)c1cnc(N)c(Cl)c1. The van der Waals surface area contributed by atoms with E-state index in [9.17, 15) is 4.79 Å². The van der Waals surface area contributed by atoms with Gasteiger partial charge in [-0.3, -0.25) is 4.79 Å². The monoisotopic (exact) mass is 350 g/mol. The third kappa shape index (κ3) is 3.07. The molecule has 100 valence electrons. The number of amides is 1. The number of carbonyl (C=O) groups excluding carboxylic acids is 1. The van der Waals surface area contributed by atoms with E-state index in [1.807, 2.05) is 6.07 Å². The average molecular weight is 352 g/mol. The minimum Gasteiger partial charge on any atom is -0.382 e. The molecular weight excluding hydrogens is 344 g/mol. The summed E-state index contributed by atoms with van der Waals surface area (Å²) in [5.74, 6) is -0.266. The van der Waals surface area contributed by atoms with Gasteiger partial charge in [-0.25, -0.2) is 4.98 Å². The van der Waals surface area contributed by atoms with Crippen LogP contribution in [0.5, 0.6) is 0 Å². The number of hydrogen-bond acceptors (Lipinski definition) is 4. The maximum Gasteiger partial charge on any atom is 0.257 e. The number of halogens is 2. The summed E-state index contributed by atoms with van der Waals surface area (Å²) in [5.41, 5.74) is 6.50. The molecule has 2 rings (SSSR count). The maximum atomic E-state index is 12.1. The van der Waals surface area contributed by atoms with E-state index < -0.39 is 5.91 Å². The molecular formula is C13H8BrClN4O. The number of nitrogen functional groups attached to an aromatic ring is 1. The number of pyridine rings is 1. The molecule has 3 N–H and O–H groups in total. The summed E-state index contributed by atoms with van der Waals surface area (Å²) in [5, 5.41) is 11.8. The van der Waals surface area contributed by atoms with Gasteiger partial charge in [0.05, 0.1) is 21.8 Å². The zero-order valence-corrected chi connectivity index (χ0v) is 12.4. The number of nitrogens with one attached hydrogen (secondary N) is 1. The number of rotatable bonds is 2. The number of anilines is 2. The first-order valence-electron chi connectivity index (χ1n) is 5.43. The summed E-state index contributed by atoms with van der Waals surface area (Å²) in [4.78, 5) is 15.9. The highest BCUT2D eigenvalue weighted by Crippen LogP contribution is 2.22. The van der Waals surface area contributed by atoms with Crippen molar-refractivity contribution in [2.75, 3.05) is 11.1 Å². The second-order valence-corrected chi connectivity index (χ2v) is 5.17. The Kier molecular flexibility index (Phi) is 4.23. The van der Waals surface area contributed by atoms with Crippen LogP contribution in [0.25, 0.3) is 0 Å². The Morgan fingerprint density at radius 3 is 2.85 bits per heavy atom.